The quantitative estimate of drug-likeness (QED) is 0.594. The highest BCUT2D eigenvalue weighted by Gasteiger charge is 2.25. The molecule has 0 spiro atoms. The fourth-order valence-electron chi connectivity index (χ4n) is 3.94. The number of carbonyl (C=O) groups is 1. The number of rotatable bonds is 7. The monoisotopic (exact) mass is 416 g/mol. The maximum absolute atomic E-state index is 13.3. The van der Waals surface area contributed by atoms with Gasteiger partial charge in [-0.3, -0.25) is 4.79 Å². The number of amides is 1. The molecule has 1 aliphatic rings. The van der Waals surface area contributed by atoms with Gasteiger partial charge in [0.1, 0.15) is 17.5 Å². The molecule has 31 heavy (non-hydrogen) atoms. The maximum Gasteiger partial charge on any atom is 0.246 e. The van der Waals surface area contributed by atoms with Crippen molar-refractivity contribution >= 4 is 11.6 Å². The molecule has 5 heteroatoms. The molecule has 0 unspecified atom stereocenters. The van der Waals surface area contributed by atoms with E-state index in [0.29, 0.717) is 30.5 Å². The summed E-state index contributed by atoms with van der Waals surface area (Å²) in [6.07, 6.45) is 0.929. The minimum Gasteiger partial charge on any atom is -0.495 e. The van der Waals surface area contributed by atoms with Crippen LogP contribution in [0.2, 0.25) is 0 Å². The summed E-state index contributed by atoms with van der Waals surface area (Å²) < 4.78 is 11.3. The molecular formula is C26H28N2O3. The second-order valence-corrected chi connectivity index (χ2v) is 7.93. The fraction of sp³-hybridized carbons (Fsp3) is 0.269. The van der Waals surface area contributed by atoms with E-state index in [0.717, 1.165) is 23.3 Å². The van der Waals surface area contributed by atoms with Gasteiger partial charge >= 0.3 is 0 Å². The van der Waals surface area contributed by atoms with Crippen LogP contribution >= 0.6 is 0 Å². The largest absolute Gasteiger partial charge is 0.495 e. The number of hydrogen-bond acceptors (Lipinski definition) is 4. The first-order valence-corrected chi connectivity index (χ1v) is 10.6. The molecule has 0 aliphatic carbocycles. The van der Waals surface area contributed by atoms with Gasteiger partial charge in [-0.15, -0.1) is 0 Å². The molecule has 2 N–H and O–H groups in total. The van der Waals surface area contributed by atoms with Crippen molar-refractivity contribution in [1.29, 1.82) is 0 Å². The molecule has 1 amide bonds. The molecule has 3 aromatic carbocycles. The Bertz CT molecular complexity index is 1040. The Morgan fingerprint density at radius 1 is 1.10 bits per heavy atom. The number of ether oxygens (including phenoxy) is 2. The molecule has 0 bridgehead atoms. The molecular weight excluding hydrogens is 388 g/mol. The summed E-state index contributed by atoms with van der Waals surface area (Å²) in [7, 11) is 1.61. The van der Waals surface area contributed by atoms with Crippen molar-refractivity contribution in [2.45, 2.75) is 19.4 Å². The Balaban J connectivity index is 1.49. The predicted molar refractivity (Wildman–Crippen MR) is 123 cm³/mol. The van der Waals surface area contributed by atoms with E-state index in [2.05, 4.69) is 16.7 Å². The van der Waals surface area contributed by atoms with Crippen LogP contribution in [-0.2, 0) is 11.2 Å². The van der Waals surface area contributed by atoms with E-state index in [4.69, 9.17) is 9.47 Å². The number of nitrogens with one attached hydrogen (secondary N) is 2. The highest BCUT2D eigenvalue weighted by Crippen LogP contribution is 2.28. The predicted octanol–water partition coefficient (Wildman–Crippen LogP) is 4.52. The van der Waals surface area contributed by atoms with Gasteiger partial charge in [-0.05, 0) is 48.2 Å². The number of aryl methyl sites for hydroxylation is 1. The van der Waals surface area contributed by atoms with E-state index in [-0.39, 0.29) is 5.91 Å². The minimum atomic E-state index is -0.483. The van der Waals surface area contributed by atoms with Gasteiger partial charge in [0, 0.05) is 12.5 Å². The number of carbonyl (C=O) groups excluding carboxylic acids is 1. The lowest BCUT2D eigenvalue weighted by molar-refractivity contribution is -0.118. The van der Waals surface area contributed by atoms with Crippen LogP contribution in [0.5, 0.6) is 11.5 Å². The van der Waals surface area contributed by atoms with E-state index in [9.17, 15) is 4.79 Å². The van der Waals surface area contributed by atoms with Gasteiger partial charge in [0.25, 0.3) is 0 Å². The van der Waals surface area contributed by atoms with Gasteiger partial charge in [-0.25, -0.2) is 0 Å². The van der Waals surface area contributed by atoms with E-state index in [1.54, 1.807) is 7.11 Å². The highest BCUT2D eigenvalue weighted by atomic mass is 16.5. The molecule has 0 radical (unpaired) electrons. The summed E-state index contributed by atoms with van der Waals surface area (Å²) in [5, 5.41) is 6.52. The molecule has 3 aromatic rings. The first-order valence-electron chi connectivity index (χ1n) is 10.6. The second-order valence-electron chi connectivity index (χ2n) is 7.93. The van der Waals surface area contributed by atoms with Gasteiger partial charge in [0.15, 0.2) is 0 Å². The average molecular weight is 417 g/mol. The zero-order chi connectivity index (χ0) is 21.6. The molecule has 5 nitrogen and oxygen atoms in total. The van der Waals surface area contributed by atoms with Crippen LogP contribution in [0.4, 0.5) is 5.69 Å². The van der Waals surface area contributed by atoms with Gasteiger partial charge in [0.2, 0.25) is 5.91 Å². The van der Waals surface area contributed by atoms with Crippen molar-refractivity contribution in [3.8, 4) is 11.5 Å². The van der Waals surface area contributed by atoms with Gasteiger partial charge in [0.05, 0.1) is 19.4 Å². The van der Waals surface area contributed by atoms with Crippen molar-refractivity contribution in [2.24, 2.45) is 5.92 Å². The Morgan fingerprint density at radius 2 is 1.87 bits per heavy atom. The van der Waals surface area contributed by atoms with Gasteiger partial charge < -0.3 is 20.1 Å². The summed E-state index contributed by atoms with van der Waals surface area (Å²) in [5.41, 5.74) is 3.86. The molecule has 1 heterocycles. The number of anilines is 1. The summed E-state index contributed by atoms with van der Waals surface area (Å²) in [5.74, 6) is 1.78. The van der Waals surface area contributed by atoms with E-state index in [1.807, 2.05) is 73.7 Å². The molecule has 4 rings (SSSR count). The summed E-state index contributed by atoms with van der Waals surface area (Å²) in [6, 6.07) is 23.2. The smallest absolute Gasteiger partial charge is 0.246 e. The lowest BCUT2D eigenvalue weighted by Gasteiger charge is -2.27. The maximum atomic E-state index is 13.3. The minimum absolute atomic E-state index is 0.118. The molecule has 1 aliphatic heterocycles. The zero-order valence-corrected chi connectivity index (χ0v) is 17.9. The third kappa shape index (κ3) is 5.06. The third-order valence-electron chi connectivity index (χ3n) is 5.57. The van der Waals surface area contributed by atoms with E-state index >= 15 is 0 Å². The van der Waals surface area contributed by atoms with Crippen LogP contribution in [0, 0.1) is 12.8 Å². The van der Waals surface area contributed by atoms with Crippen molar-refractivity contribution in [2.75, 3.05) is 25.6 Å². The Labute approximate surface area is 183 Å². The summed E-state index contributed by atoms with van der Waals surface area (Å²) >= 11 is 0. The topological polar surface area (TPSA) is 59.6 Å². The van der Waals surface area contributed by atoms with Crippen LogP contribution in [-0.4, -0.2) is 26.2 Å². The Kier molecular flexibility index (Phi) is 6.53. The number of fused-ring (bicyclic) bond motifs is 1. The lowest BCUT2D eigenvalue weighted by Crippen LogP contribution is -2.38. The zero-order valence-electron chi connectivity index (χ0n) is 17.9. The molecule has 0 saturated heterocycles. The average Bonchev–Trinajstić information content (AvgIpc) is 2.80. The number of benzene rings is 3. The number of methoxy groups -OCH3 is 1. The molecule has 2 atom stereocenters. The first-order chi connectivity index (χ1) is 15.1. The van der Waals surface area contributed by atoms with Gasteiger partial charge in [-0.1, -0.05) is 54.6 Å². The van der Waals surface area contributed by atoms with Crippen LogP contribution in [0.3, 0.4) is 0 Å². The van der Waals surface area contributed by atoms with Gasteiger partial charge in [-0.2, -0.15) is 0 Å². The molecule has 160 valence electrons. The standard InChI is InChI=1S/C26H28N2O3/c1-18-12-13-24(30-2)22(14-18)28-26(29)25(20-8-4-3-5-9-20)27-16-19-15-21-10-6-7-11-23(21)31-17-19/h3-14,19,25,27H,15-17H2,1-2H3,(H,28,29)/t19-,25+/m1/s1. The lowest BCUT2D eigenvalue weighted by atomic mass is 9.96. The number of para-hydroxylation sites is 1. The van der Waals surface area contributed by atoms with Crippen LogP contribution in [0.15, 0.2) is 72.8 Å². The van der Waals surface area contributed by atoms with Crippen LogP contribution in [0.1, 0.15) is 22.7 Å². The molecule has 0 fully saturated rings. The SMILES string of the molecule is COc1ccc(C)cc1NC(=O)[C@@H](NC[C@@H]1COc2ccccc2C1)c1ccccc1. The van der Waals surface area contributed by atoms with Crippen LogP contribution < -0.4 is 20.1 Å². The number of hydrogen-bond donors (Lipinski definition) is 2. The summed E-state index contributed by atoms with van der Waals surface area (Å²) in [4.78, 5) is 13.3. The van der Waals surface area contributed by atoms with Crippen molar-refractivity contribution in [3.05, 3.63) is 89.5 Å². The normalized spacial score (nSPS) is 16.0. The van der Waals surface area contributed by atoms with Crippen molar-refractivity contribution in [3.63, 3.8) is 0 Å². The van der Waals surface area contributed by atoms with Crippen molar-refractivity contribution < 1.29 is 14.3 Å². The van der Waals surface area contributed by atoms with Crippen LogP contribution in [0.25, 0.3) is 0 Å². The Morgan fingerprint density at radius 3 is 2.68 bits per heavy atom. The Hall–Kier alpha value is -3.31. The third-order valence-corrected chi connectivity index (χ3v) is 5.57. The van der Waals surface area contributed by atoms with E-state index < -0.39 is 6.04 Å². The first kappa shape index (κ1) is 20.9. The molecule has 0 aromatic heterocycles. The molecule has 0 saturated carbocycles. The van der Waals surface area contributed by atoms with Crippen molar-refractivity contribution in [1.82, 2.24) is 5.32 Å². The second kappa shape index (κ2) is 9.67. The summed E-state index contributed by atoms with van der Waals surface area (Å²) in [6.45, 7) is 3.30. The highest BCUT2D eigenvalue weighted by molar-refractivity contribution is 5.96. The fourth-order valence-corrected chi connectivity index (χ4v) is 3.94. The van der Waals surface area contributed by atoms with E-state index in [1.165, 1.54) is 5.56 Å².